The lowest BCUT2D eigenvalue weighted by molar-refractivity contribution is 0.589. The van der Waals surface area contributed by atoms with Crippen molar-refractivity contribution in [2.24, 2.45) is 0 Å². The molecule has 5 heteroatoms. The van der Waals surface area contributed by atoms with Gasteiger partial charge >= 0.3 is 0 Å². The minimum Gasteiger partial charge on any atom is -0.311 e. The average Bonchev–Trinajstić information content (AvgIpc) is 3.82. The molecule has 0 atom stereocenters. The van der Waals surface area contributed by atoms with E-state index in [1.807, 2.05) is 23.1 Å². The topological polar surface area (TPSA) is 8.17 Å². The van der Waals surface area contributed by atoms with Crippen LogP contribution < -0.4 is 21.3 Å². The van der Waals surface area contributed by atoms with E-state index in [1.165, 1.54) is 113 Å². The maximum absolute atomic E-state index is 2.69. The number of rotatable bonds is 6. The van der Waals surface area contributed by atoms with Crippen molar-refractivity contribution >= 4 is 105 Å². The van der Waals surface area contributed by atoms with Crippen LogP contribution in [-0.4, -0.2) is 11.3 Å². The molecule has 0 aliphatic carbocycles. The van der Waals surface area contributed by atoms with Gasteiger partial charge in [-0.05, 0) is 112 Å². The number of para-hydroxylation sites is 2. The lowest BCUT2D eigenvalue weighted by Gasteiger charge is -2.42. The molecule has 0 amide bonds. The summed E-state index contributed by atoms with van der Waals surface area (Å²) in [7, 11) is 0. The van der Waals surface area contributed by atoms with Gasteiger partial charge in [0, 0.05) is 57.8 Å². The minimum absolute atomic E-state index is 0.0454. The summed E-state index contributed by atoms with van der Waals surface area (Å²) in [5, 5.41) is 5.28. The first-order valence-electron chi connectivity index (χ1n) is 21.8. The van der Waals surface area contributed by atoms with Crippen LogP contribution in [-0.2, 0) is 11.8 Å². The molecule has 8 aromatic carbocycles. The highest BCUT2D eigenvalue weighted by atomic mass is 32.2. The second-order valence-corrected chi connectivity index (χ2v) is 20.1. The molecule has 0 N–H and O–H groups in total. The smallest absolute Gasteiger partial charge is 0.249 e. The molecule has 0 spiro atoms. The monoisotopic (exact) mass is 820 g/mol. The van der Waals surface area contributed by atoms with Crippen molar-refractivity contribution in [2.75, 3.05) is 4.90 Å². The summed E-state index contributed by atoms with van der Waals surface area (Å²) in [5.74, 6) is 0. The van der Waals surface area contributed by atoms with E-state index in [1.54, 1.807) is 0 Å². The Morgan fingerprint density at radius 1 is 0.541 bits per heavy atom. The zero-order chi connectivity index (χ0) is 41.0. The summed E-state index contributed by atoms with van der Waals surface area (Å²) in [6, 6.07) is 62.3. The molecule has 2 aliphatic heterocycles. The summed E-state index contributed by atoms with van der Waals surface area (Å²) >= 11 is 3.88. The fraction of sp³-hybridized carbons (Fsp3) is 0.143. The van der Waals surface area contributed by atoms with Gasteiger partial charge in [-0.15, -0.1) is 11.3 Å². The number of nitrogens with zero attached hydrogens (tertiary/aromatic N) is 2. The molecule has 0 fully saturated rings. The quantitative estimate of drug-likeness (QED) is 0.154. The number of aryl methyl sites for hydroxylation is 1. The van der Waals surface area contributed by atoms with Crippen LogP contribution in [0.5, 0.6) is 0 Å². The number of aromatic nitrogens is 1. The largest absolute Gasteiger partial charge is 0.311 e. The molecule has 0 radical (unpaired) electrons. The fourth-order valence-corrected chi connectivity index (χ4v) is 12.5. The highest BCUT2D eigenvalue weighted by Gasteiger charge is 2.42. The first kappa shape index (κ1) is 36.8. The molecule has 0 saturated carbocycles. The molecule has 294 valence electrons. The first-order chi connectivity index (χ1) is 29.8. The molecule has 2 aliphatic rings. The number of hydrogen-bond acceptors (Lipinski definition) is 3. The molecular weight excluding hydrogens is 776 g/mol. The van der Waals surface area contributed by atoms with E-state index in [4.69, 9.17) is 0 Å². The Kier molecular flexibility index (Phi) is 8.46. The van der Waals surface area contributed by atoms with Crippen LogP contribution in [0.25, 0.3) is 58.8 Å². The molecule has 0 bridgehead atoms. The first-order valence-corrected chi connectivity index (χ1v) is 23.4. The van der Waals surface area contributed by atoms with Gasteiger partial charge in [0.15, 0.2) is 0 Å². The Balaban J connectivity index is 1.19. The van der Waals surface area contributed by atoms with Gasteiger partial charge in [-0.2, -0.15) is 0 Å². The molecule has 0 unspecified atom stereocenters. The predicted molar refractivity (Wildman–Crippen MR) is 266 cm³/mol. The molecular formula is C56H45BN2S2. The molecule has 10 aromatic rings. The number of unbranched alkanes of at least 4 members (excludes halogenated alkanes) is 1. The summed E-state index contributed by atoms with van der Waals surface area (Å²) in [6.45, 7) is 9.49. The summed E-state index contributed by atoms with van der Waals surface area (Å²) in [4.78, 5) is 5.40. The molecule has 61 heavy (non-hydrogen) atoms. The highest BCUT2D eigenvalue weighted by Crippen LogP contribution is 2.48. The van der Waals surface area contributed by atoms with Crippen LogP contribution in [0.3, 0.4) is 0 Å². The minimum atomic E-state index is -0.0454. The van der Waals surface area contributed by atoms with E-state index in [2.05, 4.69) is 201 Å². The Bertz CT molecular complexity index is 3330. The standard InChI is InChI=1S/C56H45BN2S2/c1-5-6-16-37-29-43-42-21-12-15-24-51(42)60-53(43)34-48(37)59-49-33-39(58-46-22-13-10-19-40(46)41-20-11-14-23-47(41)58)26-27-44(49)57-45-30-36(35-17-8-7-9-18-35)25-28-52(45)61-54-32-38(56(2,3)4)31-50(59)55(54)57/h7-15,17-34H,5-6,16H2,1-4H3. The maximum Gasteiger partial charge on any atom is 0.249 e. The van der Waals surface area contributed by atoms with Crippen molar-refractivity contribution in [3.05, 3.63) is 175 Å². The van der Waals surface area contributed by atoms with Crippen molar-refractivity contribution < 1.29 is 0 Å². The molecule has 2 nitrogen and oxygen atoms in total. The lowest BCUT2D eigenvalue weighted by Crippen LogP contribution is -2.60. The van der Waals surface area contributed by atoms with Gasteiger partial charge in [-0.3, -0.25) is 0 Å². The fourth-order valence-electron chi connectivity index (χ4n) is 10.2. The molecule has 4 heterocycles. The van der Waals surface area contributed by atoms with Crippen molar-refractivity contribution in [3.63, 3.8) is 0 Å². The number of fused-ring (bicyclic) bond motifs is 10. The van der Waals surface area contributed by atoms with Crippen LogP contribution in [0.1, 0.15) is 51.7 Å². The van der Waals surface area contributed by atoms with Crippen molar-refractivity contribution in [1.29, 1.82) is 0 Å². The van der Waals surface area contributed by atoms with Gasteiger partial charge in [0.05, 0.1) is 16.7 Å². The maximum atomic E-state index is 2.69. The van der Waals surface area contributed by atoms with E-state index in [0.29, 0.717) is 0 Å². The lowest BCUT2D eigenvalue weighted by atomic mass is 9.34. The van der Waals surface area contributed by atoms with Gasteiger partial charge in [-0.25, -0.2) is 0 Å². The van der Waals surface area contributed by atoms with Crippen molar-refractivity contribution in [3.8, 4) is 16.8 Å². The highest BCUT2D eigenvalue weighted by molar-refractivity contribution is 8.00. The van der Waals surface area contributed by atoms with Gasteiger partial charge in [0.2, 0.25) is 6.71 Å². The van der Waals surface area contributed by atoms with Gasteiger partial charge in [-0.1, -0.05) is 154 Å². The third-order valence-corrected chi connectivity index (χ3v) is 15.5. The van der Waals surface area contributed by atoms with Crippen LogP contribution in [0, 0.1) is 0 Å². The second kappa shape index (κ2) is 14.0. The Morgan fingerprint density at radius 3 is 2.02 bits per heavy atom. The third kappa shape index (κ3) is 5.77. The Hall–Kier alpha value is -6.01. The van der Waals surface area contributed by atoms with Gasteiger partial charge < -0.3 is 9.47 Å². The summed E-state index contributed by atoms with van der Waals surface area (Å²) < 4.78 is 5.17. The predicted octanol–water partition coefficient (Wildman–Crippen LogP) is 14.2. The molecule has 2 aromatic heterocycles. The molecule has 0 saturated heterocycles. The second-order valence-electron chi connectivity index (χ2n) is 17.9. The van der Waals surface area contributed by atoms with Crippen LogP contribution in [0.15, 0.2) is 174 Å². The molecule has 12 rings (SSSR count). The zero-order valence-corrected chi connectivity index (χ0v) is 36.6. The number of anilines is 3. The number of thiophene rings is 1. The summed E-state index contributed by atoms with van der Waals surface area (Å²) in [6.07, 6.45) is 3.30. The van der Waals surface area contributed by atoms with E-state index in [-0.39, 0.29) is 12.1 Å². The third-order valence-electron chi connectivity index (χ3n) is 13.2. The van der Waals surface area contributed by atoms with E-state index < -0.39 is 0 Å². The Labute approximate surface area is 366 Å². The summed E-state index contributed by atoms with van der Waals surface area (Å²) in [5.41, 5.74) is 16.9. The van der Waals surface area contributed by atoms with E-state index in [0.717, 1.165) is 19.3 Å². The van der Waals surface area contributed by atoms with Gasteiger partial charge in [0.1, 0.15) is 0 Å². The van der Waals surface area contributed by atoms with E-state index in [9.17, 15) is 0 Å². The normalized spacial score (nSPS) is 13.3. The number of benzene rings is 8. The van der Waals surface area contributed by atoms with Crippen molar-refractivity contribution in [1.82, 2.24) is 4.57 Å². The van der Waals surface area contributed by atoms with Crippen LogP contribution in [0.2, 0.25) is 0 Å². The SMILES string of the molecule is CCCCc1cc2c(cc1N1c3cc(-n4c5ccccc5c5ccccc54)ccc3B3c4cc(-c5ccccc5)ccc4Sc4cc(C(C)(C)C)cc1c43)sc1ccccc12. The zero-order valence-electron chi connectivity index (χ0n) is 35.0. The average molecular weight is 821 g/mol. The van der Waals surface area contributed by atoms with Crippen molar-refractivity contribution in [2.45, 2.75) is 62.2 Å². The van der Waals surface area contributed by atoms with Crippen LogP contribution >= 0.6 is 23.1 Å². The number of hydrogen-bond donors (Lipinski definition) is 0. The van der Waals surface area contributed by atoms with E-state index >= 15 is 0 Å². The Morgan fingerprint density at radius 2 is 1.26 bits per heavy atom. The van der Waals surface area contributed by atoms with Crippen LogP contribution in [0.4, 0.5) is 17.1 Å². The van der Waals surface area contributed by atoms with Gasteiger partial charge in [0.25, 0.3) is 0 Å².